The Balaban J connectivity index is 1.59. The molecule has 0 spiro atoms. The number of hydrogen-bond donors (Lipinski definition) is 2. The average molecular weight is 345 g/mol. The number of likely N-dealkylation sites (tertiary alicyclic amines) is 1. The molecule has 1 atom stereocenters. The Morgan fingerprint density at radius 3 is 2.79 bits per heavy atom. The molecule has 2 aromatic rings. The first-order chi connectivity index (χ1) is 11.5. The molecule has 0 saturated carbocycles. The fourth-order valence-corrected chi connectivity index (χ4v) is 3.56. The molecular weight excluding hydrogens is 326 g/mol. The third-order valence-electron chi connectivity index (χ3n) is 4.27. The summed E-state index contributed by atoms with van der Waals surface area (Å²) in [7, 11) is 0. The van der Waals surface area contributed by atoms with Gasteiger partial charge in [-0.25, -0.2) is 9.78 Å². The van der Waals surface area contributed by atoms with Gasteiger partial charge in [0.2, 0.25) is 0 Å². The number of anilines is 1. The number of carboxylic acids is 1. The number of hydrogen-bond acceptors (Lipinski definition) is 4. The van der Waals surface area contributed by atoms with Crippen LogP contribution < -0.4 is 5.32 Å². The highest BCUT2D eigenvalue weighted by molar-refractivity contribution is 7.15. The molecule has 1 unspecified atom stereocenters. The second kappa shape index (κ2) is 6.60. The first kappa shape index (κ1) is 16.4. The lowest BCUT2D eigenvalue weighted by Gasteiger charge is -2.19. The molecule has 0 aliphatic carbocycles. The van der Waals surface area contributed by atoms with Crippen LogP contribution in [0.4, 0.5) is 9.93 Å². The first-order valence-electron chi connectivity index (χ1n) is 7.74. The molecule has 126 valence electrons. The van der Waals surface area contributed by atoms with Crippen molar-refractivity contribution in [3.63, 3.8) is 0 Å². The van der Waals surface area contributed by atoms with Crippen LogP contribution in [0.2, 0.25) is 0 Å². The minimum atomic E-state index is -0.864. The number of nitrogens with zero attached hydrogens (tertiary/aromatic N) is 2. The summed E-state index contributed by atoms with van der Waals surface area (Å²) in [4.78, 5) is 30.4. The second-order valence-electron chi connectivity index (χ2n) is 6.26. The van der Waals surface area contributed by atoms with Gasteiger partial charge in [0.25, 0.3) is 0 Å². The van der Waals surface area contributed by atoms with Crippen LogP contribution in [0.1, 0.15) is 23.8 Å². The van der Waals surface area contributed by atoms with Crippen LogP contribution in [0.3, 0.4) is 0 Å². The van der Waals surface area contributed by atoms with E-state index in [-0.39, 0.29) is 12.6 Å². The van der Waals surface area contributed by atoms with Gasteiger partial charge in [0, 0.05) is 30.6 Å². The van der Waals surface area contributed by atoms with Crippen LogP contribution in [0.25, 0.3) is 0 Å². The molecule has 7 heteroatoms. The summed E-state index contributed by atoms with van der Waals surface area (Å²) < 4.78 is 0. The number of urea groups is 1. The van der Waals surface area contributed by atoms with Crippen LogP contribution >= 0.6 is 11.3 Å². The van der Waals surface area contributed by atoms with E-state index in [1.807, 2.05) is 18.2 Å². The maximum atomic E-state index is 12.3. The molecule has 2 N–H and O–H groups in total. The topological polar surface area (TPSA) is 82.5 Å². The first-order valence-corrected chi connectivity index (χ1v) is 8.56. The normalized spacial score (nSPS) is 20.1. The van der Waals surface area contributed by atoms with E-state index in [4.69, 9.17) is 0 Å². The zero-order valence-electron chi connectivity index (χ0n) is 13.4. The van der Waals surface area contributed by atoms with E-state index in [1.54, 1.807) is 13.1 Å². The van der Waals surface area contributed by atoms with Crippen molar-refractivity contribution in [3.8, 4) is 0 Å². The fraction of sp³-hybridized carbons (Fsp3) is 0.353. The minimum Gasteiger partial charge on any atom is -0.481 e. The standard InChI is InChI=1S/C17H19N3O3S/c1-17(14(21)22)7-8-20(11-17)16(23)19-15-18-10-13(24-15)9-12-5-3-2-4-6-12/h2-6,10H,7-9,11H2,1H3,(H,21,22)(H,18,19,23). The van der Waals surface area contributed by atoms with E-state index in [0.717, 1.165) is 11.3 Å². The fourth-order valence-electron chi connectivity index (χ4n) is 2.72. The van der Waals surface area contributed by atoms with Crippen molar-refractivity contribution in [2.24, 2.45) is 5.41 Å². The lowest BCUT2D eigenvalue weighted by molar-refractivity contribution is -0.146. The summed E-state index contributed by atoms with van der Waals surface area (Å²) in [5, 5.41) is 12.5. The van der Waals surface area contributed by atoms with Gasteiger partial charge >= 0.3 is 12.0 Å². The number of carbonyl (C=O) groups excluding carboxylic acids is 1. The quantitative estimate of drug-likeness (QED) is 0.892. The Bertz CT molecular complexity index is 747. The highest BCUT2D eigenvalue weighted by atomic mass is 32.1. The molecular formula is C17H19N3O3S. The van der Waals surface area contributed by atoms with Crippen molar-refractivity contribution in [1.82, 2.24) is 9.88 Å². The van der Waals surface area contributed by atoms with Gasteiger partial charge in [-0.15, -0.1) is 11.3 Å². The van der Waals surface area contributed by atoms with Crippen molar-refractivity contribution in [3.05, 3.63) is 47.0 Å². The van der Waals surface area contributed by atoms with Crippen LogP contribution in [0.15, 0.2) is 36.5 Å². The third kappa shape index (κ3) is 3.56. The SMILES string of the molecule is CC1(C(=O)O)CCN(C(=O)Nc2ncc(Cc3ccccc3)s2)C1. The van der Waals surface area contributed by atoms with Crippen LogP contribution in [-0.4, -0.2) is 40.1 Å². The molecule has 6 nitrogen and oxygen atoms in total. The summed E-state index contributed by atoms with van der Waals surface area (Å²) in [6.07, 6.45) is 3.00. The summed E-state index contributed by atoms with van der Waals surface area (Å²) >= 11 is 1.43. The Labute approximate surface area is 144 Å². The maximum Gasteiger partial charge on any atom is 0.323 e. The van der Waals surface area contributed by atoms with Crippen molar-refractivity contribution in [1.29, 1.82) is 0 Å². The Kier molecular flexibility index (Phi) is 4.53. The number of carboxylic acid groups (broad SMARTS) is 1. The highest BCUT2D eigenvalue weighted by Gasteiger charge is 2.42. The number of carbonyl (C=O) groups is 2. The van der Waals surface area contributed by atoms with E-state index in [1.165, 1.54) is 21.8 Å². The smallest absolute Gasteiger partial charge is 0.323 e. The number of thiazole rings is 1. The van der Waals surface area contributed by atoms with Crippen LogP contribution in [0.5, 0.6) is 0 Å². The summed E-state index contributed by atoms with van der Waals surface area (Å²) in [5.41, 5.74) is 0.328. The number of aliphatic carboxylic acids is 1. The molecule has 24 heavy (non-hydrogen) atoms. The molecule has 1 aliphatic rings. The van der Waals surface area contributed by atoms with E-state index >= 15 is 0 Å². The summed E-state index contributed by atoms with van der Waals surface area (Å²) in [6, 6.07) is 9.77. The largest absolute Gasteiger partial charge is 0.481 e. The summed E-state index contributed by atoms with van der Waals surface area (Å²) in [6.45, 7) is 2.33. The molecule has 2 heterocycles. The highest BCUT2D eigenvalue weighted by Crippen LogP contribution is 2.30. The second-order valence-corrected chi connectivity index (χ2v) is 7.38. The number of nitrogens with one attached hydrogen (secondary N) is 1. The minimum absolute atomic E-state index is 0.219. The molecule has 1 aromatic heterocycles. The Hall–Kier alpha value is -2.41. The van der Waals surface area contributed by atoms with Gasteiger partial charge in [-0.2, -0.15) is 0 Å². The average Bonchev–Trinajstić information content (AvgIpc) is 3.16. The molecule has 3 rings (SSSR count). The number of amides is 2. The lowest BCUT2D eigenvalue weighted by Crippen LogP contribution is -2.37. The molecule has 1 aromatic carbocycles. The molecule has 1 saturated heterocycles. The van der Waals surface area contributed by atoms with E-state index in [9.17, 15) is 14.7 Å². The number of rotatable bonds is 4. The van der Waals surface area contributed by atoms with Crippen molar-refractivity contribution in [2.75, 3.05) is 18.4 Å². The number of aromatic nitrogens is 1. The van der Waals surface area contributed by atoms with E-state index in [2.05, 4.69) is 22.4 Å². The van der Waals surface area contributed by atoms with Gasteiger partial charge in [0.05, 0.1) is 5.41 Å². The van der Waals surface area contributed by atoms with Crippen molar-refractivity contribution in [2.45, 2.75) is 19.8 Å². The molecule has 1 aliphatic heterocycles. The van der Waals surface area contributed by atoms with Gasteiger partial charge in [-0.3, -0.25) is 10.1 Å². The number of benzene rings is 1. The predicted octanol–water partition coefficient (Wildman–Crippen LogP) is 3.06. The Morgan fingerprint density at radius 2 is 2.12 bits per heavy atom. The van der Waals surface area contributed by atoms with Gasteiger partial charge in [-0.1, -0.05) is 30.3 Å². The Morgan fingerprint density at radius 1 is 1.38 bits per heavy atom. The predicted molar refractivity (Wildman–Crippen MR) is 92.3 cm³/mol. The van der Waals surface area contributed by atoms with E-state index in [0.29, 0.717) is 18.1 Å². The third-order valence-corrected chi connectivity index (χ3v) is 5.18. The summed E-state index contributed by atoms with van der Waals surface area (Å²) in [5.74, 6) is -0.864. The molecule has 0 radical (unpaired) electrons. The molecule has 0 bridgehead atoms. The van der Waals surface area contributed by atoms with Gasteiger partial charge < -0.3 is 10.0 Å². The van der Waals surface area contributed by atoms with Gasteiger partial charge in [0.1, 0.15) is 0 Å². The zero-order valence-corrected chi connectivity index (χ0v) is 14.2. The van der Waals surface area contributed by atoms with Crippen molar-refractivity contribution < 1.29 is 14.7 Å². The van der Waals surface area contributed by atoms with Crippen molar-refractivity contribution >= 4 is 28.5 Å². The maximum absolute atomic E-state index is 12.3. The van der Waals surface area contributed by atoms with Crippen LogP contribution in [-0.2, 0) is 11.2 Å². The zero-order chi connectivity index (χ0) is 17.2. The van der Waals surface area contributed by atoms with Gasteiger partial charge in [0.15, 0.2) is 5.13 Å². The van der Waals surface area contributed by atoms with E-state index < -0.39 is 11.4 Å². The molecule has 2 amide bonds. The monoisotopic (exact) mass is 345 g/mol. The van der Waals surface area contributed by atoms with Gasteiger partial charge in [-0.05, 0) is 18.9 Å². The molecule has 1 fully saturated rings. The lowest BCUT2D eigenvalue weighted by atomic mass is 9.90. The van der Waals surface area contributed by atoms with Crippen LogP contribution in [0, 0.1) is 5.41 Å².